The predicted molar refractivity (Wildman–Crippen MR) is 103 cm³/mol. The Kier molecular flexibility index (Phi) is 5.67. The van der Waals surface area contributed by atoms with Crippen LogP contribution < -0.4 is 10.6 Å². The Labute approximate surface area is 165 Å². The Bertz CT molecular complexity index is 998. The van der Waals surface area contributed by atoms with Gasteiger partial charge in [0.25, 0.3) is 5.92 Å². The number of nitrogens with zero attached hydrogens (tertiary/aromatic N) is 3. The van der Waals surface area contributed by atoms with Crippen molar-refractivity contribution in [2.75, 3.05) is 10.6 Å². The van der Waals surface area contributed by atoms with E-state index in [-0.39, 0.29) is 29.1 Å². The van der Waals surface area contributed by atoms with E-state index in [4.69, 9.17) is 0 Å². The second-order valence-corrected chi connectivity index (χ2v) is 6.84. The van der Waals surface area contributed by atoms with Crippen LogP contribution >= 0.6 is 0 Å². The summed E-state index contributed by atoms with van der Waals surface area (Å²) in [6.45, 7) is 4.54. The molecule has 152 valence electrons. The highest BCUT2D eigenvalue weighted by molar-refractivity contribution is 5.64. The first-order chi connectivity index (χ1) is 13.6. The summed E-state index contributed by atoms with van der Waals surface area (Å²) in [7, 11) is 0. The maximum atomic E-state index is 13.6. The fraction of sp³-hybridized carbons (Fsp3) is 0.250. The summed E-state index contributed by atoms with van der Waals surface area (Å²) in [5.41, 5.74) is -0.128. The van der Waals surface area contributed by atoms with Crippen molar-refractivity contribution in [1.29, 1.82) is 0 Å². The van der Waals surface area contributed by atoms with Gasteiger partial charge >= 0.3 is 0 Å². The highest BCUT2D eigenvalue weighted by Crippen LogP contribution is 2.28. The van der Waals surface area contributed by atoms with Crippen molar-refractivity contribution in [3.05, 3.63) is 59.8 Å². The number of hydrogen-bond acceptors (Lipinski definition) is 5. The number of anilines is 3. The minimum Gasteiger partial charge on any atom is -0.368 e. The van der Waals surface area contributed by atoms with Gasteiger partial charge in [-0.1, -0.05) is 6.07 Å². The molecule has 29 heavy (non-hydrogen) atoms. The summed E-state index contributed by atoms with van der Waals surface area (Å²) >= 11 is 0. The van der Waals surface area contributed by atoms with Crippen LogP contribution in [-0.4, -0.2) is 21.0 Å². The maximum absolute atomic E-state index is 13.6. The molecule has 0 atom stereocenters. The quantitative estimate of drug-likeness (QED) is 0.531. The molecule has 3 rings (SSSR count). The van der Waals surface area contributed by atoms with Crippen LogP contribution in [0, 0.1) is 11.6 Å². The van der Waals surface area contributed by atoms with Crippen LogP contribution in [0.5, 0.6) is 0 Å². The summed E-state index contributed by atoms with van der Waals surface area (Å²) in [5.74, 6) is -3.91. The van der Waals surface area contributed by atoms with Gasteiger partial charge < -0.3 is 10.6 Å². The smallest absolute Gasteiger partial charge is 0.286 e. The first-order valence-corrected chi connectivity index (χ1v) is 8.84. The summed E-state index contributed by atoms with van der Waals surface area (Å²) in [4.78, 5) is 12.6. The fourth-order valence-electron chi connectivity index (χ4n) is 2.57. The fourth-order valence-corrected chi connectivity index (χ4v) is 2.57. The first-order valence-electron chi connectivity index (χ1n) is 8.84. The molecule has 0 aliphatic heterocycles. The number of benzene rings is 1. The van der Waals surface area contributed by atoms with Gasteiger partial charge in [0.05, 0.1) is 0 Å². The molecule has 1 aromatic carbocycles. The van der Waals surface area contributed by atoms with Crippen LogP contribution in [-0.2, 0) is 5.92 Å². The SMILES string of the molecule is CC(C)Nc1cc(Nc2cc(F)cc(F)c2)nc(-c2cccc(C(C)(F)F)n2)n1. The number of alkyl halides is 2. The molecule has 0 fully saturated rings. The topological polar surface area (TPSA) is 62.7 Å². The number of hydrogen-bond donors (Lipinski definition) is 2. The van der Waals surface area contributed by atoms with E-state index in [0.717, 1.165) is 25.1 Å². The van der Waals surface area contributed by atoms with Crippen molar-refractivity contribution in [3.8, 4) is 11.5 Å². The summed E-state index contributed by atoms with van der Waals surface area (Å²) in [5, 5.41) is 5.90. The monoisotopic (exact) mass is 405 g/mol. The number of rotatable bonds is 6. The van der Waals surface area contributed by atoms with Crippen molar-refractivity contribution < 1.29 is 17.6 Å². The van der Waals surface area contributed by atoms with Gasteiger partial charge in [0, 0.05) is 30.8 Å². The van der Waals surface area contributed by atoms with E-state index in [9.17, 15) is 17.6 Å². The largest absolute Gasteiger partial charge is 0.368 e. The molecule has 9 heteroatoms. The van der Waals surface area contributed by atoms with E-state index < -0.39 is 23.3 Å². The Morgan fingerprint density at radius 1 is 0.897 bits per heavy atom. The molecule has 5 nitrogen and oxygen atoms in total. The molecule has 2 aromatic heterocycles. The van der Waals surface area contributed by atoms with Crippen molar-refractivity contribution in [3.63, 3.8) is 0 Å². The van der Waals surface area contributed by atoms with E-state index in [1.54, 1.807) is 6.07 Å². The van der Waals surface area contributed by atoms with Crippen molar-refractivity contribution in [1.82, 2.24) is 15.0 Å². The van der Waals surface area contributed by atoms with Gasteiger partial charge in [-0.05, 0) is 38.1 Å². The molecule has 0 aliphatic carbocycles. The predicted octanol–water partition coefficient (Wildman–Crippen LogP) is 5.49. The van der Waals surface area contributed by atoms with E-state index in [1.165, 1.54) is 18.2 Å². The van der Waals surface area contributed by atoms with E-state index in [2.05, 4.69) is 25.6 Å². The van der Waals surface area contributed by atoms with Gasteiger partial charge in [-0.15, -0.1) is 0 Å². The van der Waals surface area contributed by atoms with E-state index in [0.29, 0.717) is 5.82 Å². The molecular weight excluding hydrogens is 386 g/mol. The van der Waals surface area contributed by atoms with Crippen LogP contribution in [0.25, 0.3) is 11.5 Å². The molecule has 2 heterocycles. The van der Waals surface area contributed by atoms with E-state index in [1.807, 2.05) is 13.8 Å². The minimum absolute atomic E-state index is 0.0245. The zero-order chi connectivity index (χ0) is 21.2. The Balaban J connectivity index is 2.04. The van der Waals surface area contributed by atoms with Gasteiger partial charge in [-0.2, -0.15) is 8.78 Å². The van der Waals surface area contributed by atoms with Crippen molar-refractivity contribution >= 4 is 17.3 Å². The third-order valence-corrected chi connectivity index (χ3v) is 3.73. The zero-order valence-corrected chi connectivity index (χ0v) is 16.0. The molecule has 3 aromatic rings. The maximum Gasteiger partial charge on any atom is 0.286 e. The molecule has 0 amide bonds. The van der Waals surface area contributed by atoms with Gasteiger partial charge in [0.2, 0.25) is 0 Å². The van der Waals surface area contributed by atoms with Crippen LogP contribution in [0.1, 0.15) is 26.5 Å². The first kappa shape index (κ1) is 20.5. The molecular formula is C20H19F4N5. The minimum atomic E-state index is -3.12. The lowest BCUT2D eigenvalue weighted by Crippen LogP contribution is -2.13. The molecule has 0 bridgehead atoms. The number of aromatic nitrogens is 3. The van der Waals surface area contributed by atoms with Gasteiger partial charge in [0.1, 0.15) is 34.7 Å². The number of pyridine rings is 1. The lowest BCUT2D eigenvalue weighted by Gasteiger charge is -2.14. The average molecular weight is 405 g/mol. The van der Waals surface area contributed by atoms with Crippen LogP contribution in [0.2, 0.25) is 0 Å². The molecule has 0 spiro atoms. The second kappa shape index (κ2) is 8.02. The second-order valence-electron chi connectivity index (χ2n) is 6.84. The van der Waals surface area contributed by atoms with Crippen LogP contribution in [0.4, 0.5) is 34.9 Å². The number of halogens is 4. The van der Waals surface area contributed by atoms with Gasteiger partial charge in [-0.25, -0.2) is 23.7 Å². The lowest BCUT2D eigenvalue weighted by molar-refractivity contribution is 0.0129. The Hall–Kier alpha value is -3.23. The molecule has 0 radical (unpaired) electrons. The van der Waals surface area contributed by atoms with Crippen molar-refractivity contribution in [2.45, 2.75) is 32.7 Å². The van der Waals surface area contributed by atoms with Gasteiger partial charge in [-0.3, -0.25) is 0 Å². The lowest BCUT2D eigenvalue weighted by atomic mass is 10.2. The standard InChI is InChI=1S/C20H19F4N5/c1-11(2)25-17-10-18(26-14-8-12(21)7-13(22)9-14)29-19(28-17)15-5-4-6-16(27-15)20(3,23)24/h4-11H,1-3H3,(H2,25,26,28,29). The highest BCUT2D eigenvalue weighted by Gasteiger charge is 2.26. The average Bonchev–Trinajstić information content (AvgIpc) is 2.59. The third kappa shape index (κ3) is 5.40. The third-order valence-electron chi connectivity index (χ3n) is 3.73. The molecule has 0 saturated carbocycles. The molecule has 0 unspecified atom stereocenters. The zero-order valence-electron chi connectivity index (χ0n) is 16.0. The molecule has 0 aliphatic rings. The summed E-state index contributed by atoms with van der Waals surface area (Å²) in [6.07, 6.45) is 0. The van der Waals surface area contributed by atoms with E-state index >= 15 is 0 Å². The van der Waals surface area contributed by atoms with Crippen molar-refractivity contribution in [2.24, 2.45) is 0 Å². The highest BCUT2D eigenvalue weighted by atomic mass is 19.3. The molecule has 0 saturated heterocycles. The normalized spacial score (nSPS) is 11.6. The van der Waals surface area contributed by atoms with Crippen LogP contribution in [0.3, 0.4) is 0 Å². The Morgan fingerprint density at radius 2 is 1.55 bits per heavy atom. The van der Waals surface area contributed by atoms with Crippen LogP contribution in [0.15, 0.2) is 42.5 Å². The summed E-state index contributed by atoms with van der Waals surface area (Å²) in [6, 6.07) is 8.71. The molecule has 2 N–H and O–H groups in total. The van der Waals surface area contributed by atoms with Gasteiger partial charge in [0.15, 0.2) is 5.82 Å². The summed E-state index contributed by atoms with van der Waals surface area (Å²) < 4.78 is 54.2. The Morgan fingerprint density at radius 3 is 2.17 bits per heavy atom. The number of nitrogens with one attached hydrogen (secondary N) is 2.